The van der Waals surface area contributed by atoms with Crippen molar-refractivity contribution in [3.05, 3.63) is 119 Å². The third-order valence-electron chi connectivity index (χ3n) is 6.06. The van der Waals surface area contributed by atoms with Crippen molar-refractivity contribution in [3.63, 3.8) is 0 Å². The number of rotatable bonds is 6. The van der Waals surface area contributed by atoms with E-state index in [-0.39, 0.29) is 23.4 Å². The molecule has 1 heterocycles. The van der Waals surface area contributed by atoms with Crippen molar-refractivity contribution in [3.8, 4) is 11.5 Å². The Hall–Kier alpha value is -4.74. The van der Waals surface area contributed by atoms with Gasteiger partial charge in [-0.3, -0.25) is 4.98 Å². The van der Waals surface area contributed by atoms with E-state index in [0.29, 0.717) is 11.6 Å². The minimum atomic E-state index is -4.94. The van der Waals surface area contributed by atoms with E-state index in [9.17, 15) is 41.4 Å². The lowest BCUT2D eigenvalue weighted by atomic mass is 9.80. The van der Waals surface area contributed by atoms with Gasteiger partial charge in [-0.15, -0.1) is 0 Å². The second kappa shape index (κ2) is 10.8. The highest BCUT2D eigenvalue weighted by Crippen LogP contribution is 2.39. The summed E-state index contributed by atoms with van der Waals surface area (Å²) >= 11 is 0. The molecule has 3 aromatic carbocycles. The summed E-state index contributed by atoms with van der Waals surface area (Å²) in [6, 6.07) is 16.0. The number of hydrogen-bond acceptors (Lipinski definition) is 4. The molecule has 0 saturated carbocycles. The van der Waals surface area contributed by atoms with Crippen LogP contribution in [0.15, 0.2) is 91.1 Å². The molecule has 1 aromatic heterocycles. The maximum Gasteiger partial charge on any atom is 0.418 e. The highest BCUT2D eigenvalue weighted by Gasteiger charge is 2.41. The predicted octanol–water partition coefficient (Wildman–Crippen LogP) is 6.84. The predicted molar refractivity (Wildman–Crippen MR) is 134 cm³/mol. The first-order valence-electron chi connectivity index (χ1n) is 11.6. The van der Waals surface area contributed by atoms with Crippen molar-refractivity contribution in [1.29, 1.82) is 0 Å². The molecular weight excluding hydrogens is 540 g/mol. The maximum atomic E-state index is 13.7. The lowest BCUT2D eigenvalue weighted by Crippen LogP contribution is -2.50. The zero-order chi connectivity index (χ0) is 29.1. The number of amides is 2. The van der Waals surface area contributed by atoms with E-state index in [1.54, 1.807) is 30.3 Å². The molecule has 0 aliphatic carbocycles. The maximum absolute atomic E-state index is 13.7. The van der Waals surface area contributed by atoms with Crippen LogP contribution in [-0.4, -0.2) is 21.2 Å². The summed E-state index contributed by atoms with van der Waals surface area (Å²) in [5.74, 6) is -0.946. The van der Waals surface area contributed by atoms with Crippen LogP contribution in [0.4, 0.5) is 36.8 Å². The molecule has 0 aliphatic heterocycles. The smallest absolute Gasteiger partial charge is 0.418 e. The molecule has 4 aromatic rings. The molecule has 6 nitrogen and oxygen atoms in total. The fourth-order valence-corrected chi connectivity index (χ4v) is 4.25. The summed E-state index contributed by atoms with van der Waals surface area (Å²) in [5, 5.41) is 24.0. The molecule has 2 amide bonds. The Morgan fingerprint density at radius 1 is 0.750 bits per heavy atom. The number of urea groups is 1. The molecule has 208 valence electrons. The number of phenolic OH excluding ortho intramolecular Hbond substituents is 1. The number of nitrogens with zero attached hydrogens (tertiary/aromatic N) is 1. The number of hydrogen-bond donors (Lipinski definition) is 4. The van der Waals surface area contributed by atoms with Crippen LogP contribution in [0, 0.1) is 0 Å². The lowest BCUT2D eigenvalue weighted by Gasteiger charge is -2.36. The van der Waals surface area contributed by atoms with Gasteiger partial charge in [-0.25, -0.2) is 4.79 Å². The molecule has 1 atom stereocenters. The molecule has 0 aliphatic rings. The van der Waals surface area contributed by atoms with Gasteiger partial charge in [0.25, 0.3) is 0 Å². The Morgan fingerprint density at radius 3 is 2.05 bits per heavy atom. The van der Waals surface area contributed by atoms with Gasteiger partial charge < -0.3 is 20.8 Å². The molecular formula is C28H21F6N3O3. The number of phenols is 1. The SMILES string of the molecule is O=C(Nc1ccc(O)cc1C(F)(F)F)NC(Cc1ccccc1)(c1cccc(C(F)(F)F)c1)c1ccc(O)cn1. The van der Waals surface area contributed by atoms with Gasteiger partial charge in [0.15, 0.2) is 0 Å². The van der Waals surface area contributed by atoms with Crippen molar-refractivity contribution < 1.29 is 41.4 Å². The van der Waals surface area contributed by atoms with Crippen LogP contribution in [0.3, 0.4) is 0 Å². The molecule has 0 spiro atoms. The molecule has 0 saturated heterocycles. The third-order valence-corrected chi connectivity index (χ3v) is 6.06. The van der Waals surface area contributed by atoms with Crippen molar-refractivity contribution in [1.82, 2.24) is 10.3 Å². The largest absolute Gasteiger partial charge is 0.508 e. The fraction of sp³-hybridized carbons (Fsp3) is 0.143. The molecule has 1 unspecified atom stereocenters. The fourth-order valence-electron chi connectivity index (χ4n) is 4.25. The van der Waals surface area contributed by atoms with Crippen molar-refractivity contribution in [2.24, 2.45) is 0 Å². The van der Waals surface area contributed by atoms with Crippen LogP contribution in [-0.2, 0) is 24.3 Å². The van der Waals surface area contributed by atoms with E-state index in [1.165, 1.54) is 18.2 Å². The number of alkyl halides is 6. The van der Waals surface area contributed by atoms with Crippen LogP contribution in [0.2, 0.25) is 0 Å². The average molecular weight is 561 g/mol. The standard InChI is InChI=1S/C28H21F6N3O3/c29-27(30,31)19-8-4-7-18(13-19)26(15-17-5-2-1-3-6-17,24-12-10-21(39)16-35-24)37-25(40)36-23-11-9-20(38)14-22(23)28(32,33)34/h1-14,16,38-39H,15H2,(H2,36,37,40). The summed E-state index contributed by atoms with van der Waals surface area (Å²) in [5.41, 5.74) is -4.42. The number of anilines is 1. The van der Waals surface area contributed by atoms with Gasteiger partial charge in [0.2, 0.25) is 0 Å². The minimum Gasteiger partial charge on any atom is -0.508 e. The highest BCUT2D eigenvalue weighted by molar-refractivity contribution is 5.91. The van der Waals surface area contributed by atoms with Gasteiger partial charge in [-0.2, -0.15) is 26.3 Å². The Bertz CT molecular complexity index is 1490. The van der Waals surface area contributed by atoms with E-state index in [1.807, 2.05) is 0 Å². The van der Waals surface area contributed by atoms with E-state index in [4.69, 9.17) is 0 Å². The molecule has 4 N–H and O–H groups in total. The second-order valence-corrected chi connectivity index (χ2v) is 8.85. The summed E-state index contributed by atoms with van der Waals surface area (Å²) < 4.78 is 81.9. The van der Waals surface area contributed by atoms with E-state index < -0.39 is 46.5 Å². The molecule has 0 radical (unpaired) electrons. The number of aromatic nitrogens is 1. The lowest BCUT2D eigenvalue weighted by molar-refractivity contribution is -0.138. The number of nitrogens with one attached hydrogen (secondary N) is 2. The van der Waals surface area contributed by atoms with E-state index in [0.717, 1.165) is 36.5 Å². The van der Waals surface area contributed by atoms with Crippen molar-refractivity contribution in [2.45, 2.75) is 24.3 Å². The summed E-state index contributed by atoms with van der Waals surface area (Å²) in [6.45, 7) is 0. The number of benzene rings is 3. The number of carbonyl (C=O) groups is 1. The monoisotopic (exact) mass is 561 g/mol. The average Bonchev–Trinajstić information content (AvgIpc) is 2.89. The van der Waals surface area contributed by atoms with Crippen LogP contribution in [0.1, 0.15) is 27.9 Å². The highest BCUT2D eigenvalue weighted by atomic mass is 19.4. The van der Waals surface area contributed by atoms with Gasteiger partial charge in [0.1, 0.15) is 17.0 Å². The first-order valence-corrected chi connectivity index (χ1v) is 11.6. The summed E-state index contributed by atoms with van der Waals surface area (Å²) in [6.07, 6.45) is -8.82. The van der Waals surface area contributed by atoms with Gasteiger partial charge in [0, 0.05) is 6.42 Å². The normalized spacial score (nSPS) is 13.3. The quantitative estimate of drug-likeness (QED) is 0.153. The molecule has 40 heavy (non-hydrogen) atoms. The zero-order valence-corrected chi connectivity index (χ0v) is 20.4. The first-order chi connectivity index (χ1) is 18.8. The Morgan fingerprint density at radius 2 is 1.43 bits per heavy atom. The van der Waals surface area contributed by atoms with Crippen LogP contribution < -0.4 is 10.6 Å². The Labute approximate surface area is 223 Å². The Balaban J connectivity index is 1.88. The Kier molecular flexibility index (Phi) is 7.63. The number of pyridine rings is 1. The van der Waals surface area contributed by atoms with E-state index in [2.05, 4.69) is 15.6 Å². The number of halogens is 6. The van der Waals surface area contributed by atoms with Gasteiger partial charge in [-0.1, -0.05) is 42.5 Å². The number of carbonyl (C=O) groups excluding carboxylic acids is 1. The third kappa shape index (κ3) is 6.28. The van der Waals surface area contributed by atoms with Gasteiger partial charge >= 0.3 is 18.4 Å². The second-order valence-electron chi connectivity index (χ2n) is 8.85. The number of aromatic hydroxyl groups is 2. The molecule has 0 fully saturated rings. The van der Waals surface area contributed by atoms with Crippen LogP contribution in [0.25, 0.3) is 0 Å². The molecule has 0 bridgehead atoms. The van der Waals surface area contributed by atoms with Gasteiger partial charge in [0.05, 0.1) is 28.7 Å². The minimum absolute atomic E-state index is 0.00498. The zero-order valence-electron chi connectivity index (χ0n) is 20.4. The van der Waals surface area contributed by atoms with Crippen LogP contribution >= 0.6 is 0 Å². The van der Waals surface area contributed by atoms with Crippen molar-refractivity contribution in [2.75, 3.05) is 5.32 Å². The summed E-state index contributed by atoms with van der Waals surface area (Å²) in [7, 11) is 0. The molecule has 4 rings (SSSR count). The van der Waals surface area contributed by atoms with Crippen molar-refractivity contribution >= 4 is 11.7 Å². The van der Waals surface area contributed by atoms with Crippen LogP contribution in [0.5, 0.6) is 11.5 Å². The first kappa shape index (κ1) is 28.3. The molecule has 12 heteroatoms. The topological polar surface area (TPSA) is 94.5 Å². The summed E-state index contributed by atoms with van der Waals surface area (Å²) in [4.78, 5) is 17.5. The van der Waals surface area contributed by atoms with Gasteiger partial charge in [-0.05, 0) is 53.6 Å². The van der Waals surface area contributed by atoms with E-state index >= 15 is 0 Å².